The summed E-state index contributed by atoms with van der Waals surface area (Å²) in [5.41, 5.74) is 0. The van der Waals surface area contributed by atoms with Gasteiger partial charge in [-0.05, 0) is 24.3 Å². The summed E-state index contributed by atoms with van der Waals surface area (Å²) in [5, 5.41) is 10.6. The fraction of sp³-hybridized carbons (Fsp3) is 0.600. The van der Waals surface area contributed by atoms with Gasteiger partial charge in [-0.25, -0.2) is 8.42 Å². The van der Waals surface area contributed by atoms with Gasteiger partial charge in [-0.15, -0.1) is 11.3 Å². The van der Waals surface area contributed by atoms with Crippen LogP contribution in [0.4, 0.5) is 0 Å². The van der Waals surface area contributed by atoms with Gasteiger partial charge in [0.15, 0.2) is 0 Å². The van der Waals surface area contributed by atoms with Crippen LogP contribution in [0.25, 0.3) is 0 Å². The van der Waals surface area contributed by atoms with Crippen molar-refractivity contribution in [1.29, 1.82) is 0 Å². The van der Waals surface area contributed by atoms with Crippen LogP contribution in [0.3, 0.4) is 0 Å². The van der Waals surface area contributed by atoms with Crippen LogP contribution in [-0.4, -0.2) is 73.5 Å². The van der Waals surface area contributed by atoms with Crippen molar-refractivity contribution in [3.63, 3.8) is 0 Å². The highest BCUT2D eigenvalue weighted by atomic mass is 32.2. The zero-order chi connectivity index (χ0) is 18.0. The highest BCUT2D eigenvalue weighted by molar-refractivity contribution is 7.89. The van der Waals surface area contributed by atoms with Crippen molar-refractivity contribution in [2.24, 2.45) is 0 Å². The second kappa shape index (κ2) is 7.40. The SMILES string of the molecule is O=C(O)CC1COCCN1C(=O)c1sccc1S(=O)(=O)N1CCCC1. The van der Waals surface area contributed by atoms with Crippen molar-refractivity contribution in [2.45, 2.75) is 30.2 Å². The number of amides is 1. The molecule has 0 aromatic carbocycles. The molecule has 0 saturated carbocycles. The van der Waals surface area contributed by atoms with Crippen LogP contribution in [0.1, 0.15) is 28.9 Å². The highest BCUT2D eigenvalue weighted by Gasteiger charge is 2.36. The molecule has 1 aromatic rings. The lowest BCUT2D eigenvalue weighted by atomic mass is 10.1. The first-order valence-electron chi connectivity index (χ1n) is 8.09. The Morgan fingerprint density at radius 2 is 2.00 bits per heavy atom. The molecule has 0 bridgehead atoms. The molecule has 1 aromatic heterocycles. The van der Waals surface area contributed by atoms with Crippen LogP contribution in [-0.2, 0) is 19.6 Å². The van der Waals surface area contributed by atoms with E-state index in [2.05, 4.69) is 0 Å². The lowest BCUT2D eigenvalue weighted by Crippen LogP contribution is -2.49. The number of carboxylic acid groups (broad SMARTS) is 1. The molecule has 0 radical (unpaired) electrons. The second-order valence-electron chi connectivity index (χ2n) is 6.05. The van der Waals surface area contributed by atoms with E-state index in [-0.39, 0.29) is 29.3 Å². The first-order valence-corrected chi connectivity index (χ1v) is 10.4. The third-order valence-electron chi connectivity index (χ3n) is 4.40. The predicted octanol–water partition coefficient (Wildman–Crippen LogP) is 0.848. The highest BCUT2D eigenvalue weighted by Crippen LogP contribution is 2.29. The van der Waals surface area contributed by atoms with Gasteiger partial charge in [-0.2, -0.15) is 4.31 Å². The third kappa shape index (κ3) is 3.71. The Hall–Kier alpha value is -1.49. The number of morpholine rings is 1. The molecule has 0 aliphatic carbocycles. The quantitative estimate of drug-likeness (QED) is 0.802. The first kappa shape index (κ1) is 18.3. The second-order valence-corrected chi connectivity index (χ2v) is 8.87. The minimum Gasteiger partial charge on any atom is -0.481 e. The van der Waals surface area contributed by atoms with Gasteiger partial charge in [0, 0.05) is 19.6 Å². The van der Waals surface area contributed by atoms with Gasteiger partial charge >= 0.3 is 5.97 Å². The predicted molar refractivity (Wildman–Crippen MR) is 90.2 cm³/mol. The lowest BCUT2D eigenvalue weighted by Gasteiger charge is -2.34. The molecule has 1 N–H and O–H groups in total. The van der Waals surface area contributed by atoms with Gasteiger partial charge in [-0.3, -0.25) is 9.59 Å². The zero-order valence-corrected chi connectivity index (χ0v) is 15.2. The summed E-state index contributed by atoms with van der Waals surface area (Å²) in [5.74, 6) is -1.47. The van der Waals surface area contributed by atoms with E-state index in [0.717, 1.165) is 24.2 Å². The van der Waals surface area contributed by atoms with E-state index >= 15 is 0 Å². The maximum absolute atomic E-state index is 12.9. The molecule has 1 unspecified atom stereocenters. The summed E-state index contributed by atoms with van der Waals surface area (Å²) in [7, 11) is -3.70. The molecule has 138 valence electrons. The number of hydrogen-bond donors (Lipinski definition) is 1. The molecule has 0 spiro atoms. The van der Waals surface area contributed by atoms with Crippen molar-refractivity contribution in [1.82, 2.24) is 9.21 Å². The normalized spacial score (nSPS) is 22.2. The Morgan fingerprint density at radius 3 is 2.68 bits per heavy atom. The summed E-state index contributed by atoms with van der Waals surface area (Å²) in [6, 6.07) is 0.862. The van der Waals surface area contributed by atoms with E-state index in [1.54, 1.807) is 5.38 Å². The number of aliphatic carboxylic acids is 1. The number of sulfonamides is 1. The largest absolute Gasteiger partial charge is 0.481 e. The number of carbonyl (C=O) groups excluding carboxylic acids is 1. The first-order chi connectivity index (χ1) is 11.9. The smallest absolute Gasteiger partial charge is 0.305 e. The Kier molecular flexibility index (Phi) is 5.42. The van der Waals surface area contributed by atoms with Gasteiger partial charge in [0.05, 0.1) is 25.7 Å². The van der Waals surface area contributed by atoms with E-state index in [1.165, 1.54) is 15.3 Å². The van der Waals surface area contributed by atoms with Crippen LogP contribution in [0.15, 0.2) is 16.3 Å². The molecule has 2 aliphatic heterocycles. The molecule has 2 aliphatic rings. The molecule has 3 heterocycles. The monoisotopic (exact) mass is 388 g/mol. The van der Waals surface area contributed by atoms with Crippen LogP contribution < -0.4 is 0 Å². The molecule has 25 heavy (non-hydrogen) atoms. The maximum atomic E-state index is 12.9. The standard InChI is InChI=1S/C15H20N2O6S2/c18-13(19)9-11-10-23-7-6-17(11)15(20)14-12(3-8-24-14)25(21,22)16-4-1-2-5-16/h3,8,11H,1-2,4-7,9-10H2,(H,18,19). The summed E-state index contributed by atoms with van der Waals surface area (Å²) in [6.45, 7) is 1.62. The zero-order valence-electron chi connectivity index (χ0n) is 13.6. The molecule has 3 rings (SSSR count). The fourth-order valence-corrected chi connectivity index (χ4v) is 6.01. The van der Waals surface area contributed by atoms with E-state index < -0.39 is 27.9 Å². The molecule has 10 heteroatoms. The van der Waals surface area contributed by atoms with Crippen LogP contribution in [0.5, 0.6) is 0 Å². The molecular weight excluding hydrogens is 368 g/mol. The summed E-state index contributed by atoms with van der Waals surface area (Å²) in [6.07, 6.45) is 1.40. The van der Waals surface area contributed by atoms with Crippen LogP contribution >= 0.6 is 11.3 Å². The lowest BCUT2D eigenvalue weighted by molar-refractivity contribution is -0.139. The maximum Gasteiger partial charge on any atom is 0.305 e. The topological polar surface area (TPSA) is 104 Å². The third-order valence-corrected chi connectivity index (χ3v) is 7.38. The van der Waals surface area contributed by atoms with Crippen molar-refractivity contribution in [2.75, 3.05) is 32.8 Å². The Balaban J connectivity index is 1.88. The molecule has 1 amide bonds. The number of thiophene rings is 1. The van der Waals surface area contributed by atoms with Gasteiger partial charge in [0.1, 0.15) is 9.77 Å². The van der Waals surface area contributed by atoms with Gasteiger partial charge in [0.25, 0.3) is 5.91 Å². The molecule has 1 atom stereocenters. The van der Waals surface area contributed by atoms with Gasteiger partial charge in [0.2, 0.25) is 10.0 Å². The van der Waals surface area contributed by atoms with Gasteiger partial charge < -0.3 is 14.7 Å². The minimum absolute atomic E-state index is 0.0185. The number of hydrogen-bond acceptors (Lipinski definition) is 6. The molecule has 2 saturated heterocycles. The van der Waals surface area contributed by atoms with Crippen LogP contribution in [0, 0.1) is 0 Å². The summed E-state index contributed by atoms with van der Waals surface area (Å²) in [4.78, 5) is 25.6. The number of rotatable bonds is 5. The van der Waals surface area contributed by atoms with Crippen molar-refractivity contribution in [3.8, 4) is 0 Å². The van der Waals surface area contributed by atoms with E-state index in [9.17, 15) is 18.0 Å². The van der Waals surface area contributed by atoms with Crippen LogP contribution in [0.2, 0.25) is 0 Å². The molecule has 8 nitrogen and oxygen atoms in total. The number of nitrogens with zero attached hydrogens (tertiary/aromatic N) is 2. The summed E-state index contributed by atoms with van der Waals surface area (Å²) < 4.78 is 32.3. The van der Waals surface area contributed by atoms with Crippen molar-refractivity contribution < 1.29 is 27.9 Å². The van der Waals surface area contributed by atoms with E-state index in [4.69, 9.17) is 9.84 Å². The summed E-state index contributed by atoms with van der Waals surface area (Å²) >= 11 is 1.07. The Labute approximate surface area is 150 Å². The average molecular weight is 388 g/mol. The number of carbonyl (C=O) groups is 2. The van der Waals surface area contributed by atoms with E-state index in [0.29, 0.717) is 19.7 Å². The average Bonchev–Trinajstić information content (AvgIpc) is 3.26. The Morgan fingerprint density at radius 1 is 1.28 bits per heavy atom. The number of ether oxygens (including phenoxy) is 1. The van der Waals surface area contributed by atoms with E-state index in [1.807, 2.05) is 0 Å². The number of carboxylic acids is 1. The minimum atomic E-state index is -3.70. The molecular formula is C15H20N2O6S2. The Bertz CT molecular complexity index is 754. The molecule has 2 fully saturated rings. The van der Waals surface area contributed by atoms with Crippen molar-refractivity contribution in [3.05, 3.63) is 16.3 Å². The van der Waals surface area contributed by atoms with Crippen molar-refractivity contribution >= 4 is 33.2 Å². The van der Waals surface area contributed by atoms with Gasteiger partial charge in [-0.1, -0.05) is 0 Å². The fourth-order valence-electron chi connectivity index (χ4n) is 3.15.